The highest BCUT2D eigenvalue weighted by Gasteiger charge is 2.11. The van der Waals surface area contributed by atoms with Crippen molar-refractivity contribution in [3.05, 3.63) is 30.0 Å². The Morgan fingerprint density at radius 2 is 2.17 bits per heavy atom. The van der Waals surface area contributed by atoms with Crippen LogP contribution in [0.5, 0.6) is 5.75 Å². The molecule has 3 heteroatoms. The average Bonchev–Trinajstić information content (AvgIpc) is 2.79. The van der Waals surface area contributed by atoms with Crippen molar-refractivity contribution in [1.29, 1.82) is 0 Å². The maximum atomic E-state index is 11.3. The molecule has 0 atom stereocenters. The molecule has 3 nitrogen and oxygen atoms in total. The van der Waals surface area contributed by atoms with Gasteiger partial charge in [0.1, 0.15) is 0 Å². The van der Waals surface area contributed by atoms with E-state index < -0.39 is 0 Å². The highest BCUT2D eigenvalue weighted by Crippen LogP contribution is 2.29. The van der Waals surface area contributed by atoms with Crippen molar-refractivity contribution in [3.63, 3.8) is 0 Å². The lowest BCUT2D eigenvalue weighted by Crippen LogP contribution is -1.96. The predicted molar refractivity (Wildman–Crippen MR) is 71.2 cm³/mol. The van der Waals surface area contributed by atoms with E-state index >= 15 is 0 Å². The van der Waals surface area contributed by atoms with Crippen LogP contribution in [0.15, 0.2) is 28.7 Å². The van der Waals surface area contributed by atoms with Gasteiger partial charge in [-0.05, 0) is 18.6 Å². The normalized spacial score (nSPS) is 10.8. The molecule has 1 aromatic carbocycles. The molecule has 0 N–H and O–H groups in total. The third kappa shape index (κ3) is 2.73. The van der Waals surface area contributed by atoms with E-state index in [9.17, 15) is 4.79 Å². The maximum Gasteiger partial charge on any atom is 0.194 e. The largest absolute Gasteiger partial charge is 0.490 e. The Balaban J connectivity index is 2.19. The quantitative estimate of drug-likeness (QED) is 0.566. The summed E-state index contributed by atoms with van der Waals surface area (Å²) in [4.78, 5) is 11.3. The lowest BCUT2D eigenvalue weighted by atomic mass is 10.2. The molecular weight excluding hydrogens is 228 g/mol. The van der Waals surface area contributed by atoms with Crippen LogP contribution in [0, 0.1) is 0 Å². The molecule has 1 heterocycles. The van der Waals surface area contributed by atoms with Gasteiger partial charge in [-0.15, -0.1) is 0 Å². The van der Waals surface area contributed by atoms with Gasteiger partial charge in [-0.2, -0.15) is 0 Å². The van der Waals surface area contributed by atoms with Gasteiger partial charge in [0.25, 0.3) is 0 Å². The Labute approximate surface area is 107 Å². The summed E-state index contributed by atoms with van der Waals surface area (Å²) in [6, 6.07) is 7.47. The summed E-state index contributed by atoms with van der Waals surface area (Å²) in [5.41, 5.74) is 0.666. The summed E-state index contributed by atoms with van der Waals surface area (Å²) < 4.78 is 11.3. The number of carbonyl (C=O) groups is 1. The minimum atomic E-state index is -0.0665. The van der Waals surface area contributed by atoms with Crippen LogP contribution >= 0.6 is 0 Å². The van der Waals surface area contributed by atoms with Gasteiger partial charge in [0, 0.05) is 12.3 Å². The van der Waals surface area contributed by atoms with Crippen LogP contribution in [0.25, 0.3) is 11.0 Å². The monoisotopic (exact) mass is 246 g/mol. The summed E-state index contributed by atoms with van der Waals surface area (Å²) in [6.45, 7) is 4.34. The van der Waals surface area contributed by atoms with Crippen LogP contribution in [-0.4, -0.2) is 12.4 Å². The van der Waals surface area contributed by atoms with Crippen molar-refractivity contribution in [3.8, 4) is 5.75 Å². The minimum Gasteiger partial charge on any atom is -0.490 e. The molecule has 0 bridgehead atoms. The first-order valence-corrected chi connectivity index (χ1v) is 6.38. The second-order valence-electron chi connectivity index (χ2n) is 4.40. The van der Waals surface area contributed by atoms with Gasteiger partial charge in [-0.25, -0.2) is 0 Å². The van der Waals surface area contributed by atoms with Crippen LogP contribution in [0.1, 0.15) is 43.7 Å². The maximum absolute atomic E-state index is 11.3. The van der Waals surface area contributed by atoms with E-state index in [0.717, 1.165) is 24.0 Å². The van der Waals surface area contributed by atoms with Crippen molar-refractivity contribution >= 4 is 16.8 Å². The second-order valence-corrected chi connectivity index (χ2v) is 4.40. The molecule has 1 aromatic heterocycles. The van der Waals surface area contributed by atoms with Gasteiger partial charge in [-0.3, -0.25) is 4.79 Å². The molecule has 0 spiro atoms. The molecular formula is C15H18O3. The van der Waals surface area contributed by atoms with E-state index in [4.69, 9.17) is 9.15 Å². The Morgan fingerprint density at radius 1 is 1.33 bits per heavy atom. The van der Waals surface area contributed by atoms with E-state index in [1.807, 2.05) is 18.2 Å². The molecule has 2 rings (SSSR count). The molecule has 0 unspecified atom stereocenters. The number of ether oxygens (including phenoxy) is 1. The number of unbranched alkanes of at least 4 members (excludes halogenated alkanes) is 2. The fourth-order valence-corrected chi connectivity index (χ4v) is 1.86. The number of fused-ring (bicyclic) bond motifs is 1. The molecule has 0 aliphatic carbocycles. The van der Waals surface area contributed by atoms with Gasteiger partial charge in [0.15, 0.2) is 22.9 Å². The van der Waals surface area contributed by atoms with E-state index in [1.54, 1.807) is 6.07 Å². The van der Waals surface area contributed by atoms with Crippen molar-refractivity contribution < 1.29 is 13.9 Å². The van der Waals surface area contributed by atoms with Crippen LogP contribution < -0.4 is 4.74 Å². The molecule has 0 aliphatic heterocycles. The molecule has 96 valence electrons. The second kappa shape index (κ2) is 5.71. The first-order valence-electron chi connectivity index (χ1n) is 6.38. The third-order valence-corrected chi connectivity index (χ3v) is 2.86. The summed E-state index contributed by atoms with van der Waals surface area (Å²) in [5.74, 6) is 1.04. The number of rotatable bonds is 6. The molecule has 0 amide bonds. The van der Waals surface area contributed by atoms with Crippen LogP contribution in [0.2, 0.25) is 0 Å². The van der Waals surface area contributed by atoms with Crippen LogP contribution in [0.3, 0.4) is 0 Å². The molecule has 2 aromatic rings. The minimum absolute atomic E-state index is 0.0665. The van der Waals surface area contributed by atoms with Crippen LogP contribution in [0.4, 0.5) is 0 Å². The predicted octanol–water partition coefficient (Wildman–Crippen LogP) is 4.20. The molecule has 18 heavy (non-hydrogen) atoms. The topological polar surface area (TPSA) is 39.4 Å². The number of benzene rings is 1. The van der Waals surface area contributed by atoms with E-state index in [2.05, 4.69) is 6.92 Å². The smallest absolute Gasteiger partial charge is 0.194 e. The van der Waals surface area contributed by atoms with Gasteiger partial charge >= 0.3 is 0 Å². The number of furan rings is 1. The Hall–Kier alpha value is -1.77. The molecule has 0 radical (unpaired) electrons. The zero-order valence-corrected chi connectivity index (χ0v) is 10.9. The SMILES string of the molecule is CCCCCOc1cccc2cc(C(C)=O)oc12. The van der Waals surface area contributed by atoms with Gasteiger partial charge < -0.3 is 9.15 Å². The van der Waals surface area contributed by atoms with Crippen molar-refractivity contribution in [2.24, 2.45) is 0 Å². The number of hydrogen-bond donors (Lipinski definition) is 0. The number of hydrogen-bond acceptors (Lipinski definition) is 3. The fraction of sp³-hybridized carbons (Fsp3) is 0.400. The van der Waals surface area contributed by atoms with E-state index in [0.29, 0.717) is 18.0 Å². The molecule has 0 fully saturated rings. The number of carbonyl (C=O) groups excluding carboxylic acids is 1. The number of Topliss-reactive ketones (excluding diaryl/α,β-unsaturated/α-hetero) is 1. The Kier molecular flexibility index (Phi) is 4.03. The Bertz CT molecular complexity index is 540. The zero-order valence-electron chi connectivity index (χ0n) is 10.9. The molecule has 0 aliphatic rings. The van der Waals surface area contributed by atoms with Gasteiger partial charge in [0.2, 0.25) is 0 Å². The van der Waals surface area contributed by atoms with Crippen molar-refractivity contribution in [2.75, 3.05) is 6.61 Å². The summed E-state index contributed by atoms with van der Waals surface area (Å²) >= 11 is 0. The van der Waals surface area contributed by atoms with E-state index in [-0.39, 0.29) is 5.78 Å². The summed E-state index contributed by atoms with van der Waals surface area (Å²) in [6.07, 6.45) is 3.36. The fourth-order valence-electron chi connectivity index (χ4n) is 1.86. The van der Waals surface area contributed by atoms with Gasteiger partial charge in [0.05, 0.1) is 6.61 Å². The lowest BCUT2D eigenvalue weighted by Gasteiger charge is -2.05. The first kappa shape index (κ1) is 12.7. The van der Waals surface area contributed by atoms with Crippen LogP contribution in [-0.2, 0) is 0 Å². The standard InChI is InChI=1S/C15H18O3/c1-3-4-5-9-17-13-8-6-7-12-10-14(11(2)16)18-15(12)13/h6-8,10H,3-5,9H2,1-2H3. The highest BCUT2D eigenvalue weighted by atomic mass is 16.5. The molecule has 0 saturated carbocycles. The Morgan fingerprint density at radius 3 is 2.89 bits per heavy atom. The van der Waals surface area contributed by atoms with Crippen molar-refractivity contribution in [2.45, 2.75) is 33.1 Å². The van der Waals surface area contributed by atoms with Gasteiger partial charge in [-0.1, -0.05) is 31.9 Å². The molecule has 0 saturated heterocycles. The number of ketones is 1. The summed E-state index contributed by atoms with van der Waals surface area (Å²) in [5, 5.41) is 0.910. The third-order valence-electron chi connectivity index (χ3n) is 2.86. The van der Waals surface area contributed by atoms with Crippen molar-refractivity contribution in [1.82, 2.24) is 0 Å². The average molecular weight is 246 g/mol. The summed E-state index contributed by atoms with van der Waals surface area (Å²) in [7, 11) is 0. The van der Waals surface area contributed by atoms with E-state index in [1.165, 1.54) is 13.3 Å². The highest BCUT2D eigenvalue weighted by molar-refractivity contribution is 5.97. The first-order chi connectivity index (χ1) is 8.72. The zero-order chi connectivity index (χ0) is 13.0. The lowest BCUT2D eigenvalue weighted by molar-refractivity contribution is 0.0989. The number of para-hydroxylation sites is 1.